The van der Waals surface area contributed by atoms with E-state index in [1.54, 1.807) is 18.2 Å². The van der Waals surface area contributed by atoms with Crippen LogP contribution in [0.15, 0.2) is 28.8 Å². The summed E-state index contributed by atoms with van der Waals surface area (Å²) in [5.41, 5.74) is 1.22. The quantitative estimate of drug-likeness (QED) is 0.687. The molecule has 0 aromatic rings. The van der Waals surface area contributed by atoms with Crippen molar-refractivity contribution in [2.45, 2.75) is 32.2 Å². The van der Waals surface area contributed by atoms with E-state index in [1.165, 1.54) is 7.11 Å². The Morgan fingerprint density at radius 3 is 2.95 bits per heavy atom. The van der Waals surface area contributed by atoms with Crippen LogP contribution in [0.1, 0.15) is 26.2 Å². The fourth-order valence-corrected chi connectivity index (χ4v) is 3.54. The number of ketones is 1. The van der Waals surface area contributed by atoms with E-state index in [0.29, 0.717) is 17.2 Å². The molecule has 0 bridgehead atoms. The predicted molar refractivity (Wildman–Crippen MR) is 75.5 cm³/mol. The first kappa shape index (κ1) is 13.3. The van der Waals surface area contributed by atoms with Crippen LogP contribution in [-0.2, 0) is 14.3 Å². The number of aliphatic imine (C=N–C) groups is 1. The van der Waals surface area contributed by atoms with Crippen molar-refractivity contribution in [2.75, 3.05) is 7.11 Å². The highest BCUT2D eigenvalue weighted by Crippen LogP contribution is 2.39. The van der Waals surface area contributed by atoms with Gasteiger partial charge >= 0.3 is 5.97 Å². The minimum absolute atomic E-state index is 0.00135. The smallest absolute Gasteiger partial charge is 0.318 e. The van der Waals surface area contributed by atoms with Gasteiger partial charge in [-0.2, -0.15) is 0 Å². The zero-order valence-corrected chi connectivity index (χ0v) is 11.8. The second-order valence-electron chi connectivity index (χ2n) is 5.85. The van der Waals surface area contributed by atoms with Crippen LogP contribution in [0.3, 0.4) is 0 Å². The van der Waals surface area contributed by atoms with Crippen molar-refractivity contribution in [1.29, 1.82) is 0 Å². The molecule has 0 aromatic carbocycles. The lowest BCUT2D eigenvalue weighted by atomic mass is 9.70. The summed E-state index contributed by atoms with van der Waals surface area (Å²) < 4.78 is 4.83. The minimum Gasteiger partial charge on any atom is -0.468 e. The minimum atomic E-state index is -0.529. The summed E-state index contributed by atoms with van der Waals surface area (Å²) in [6, 6.07) is 0.0297. The molecular formula is C16H19NO3. The second-order valence-corrected chi connectivity index (χ2v) is 5.85. The van der Waals surface area contributed by atoms with Gasteiger partial charge in [0.25, 0.3) is 0 Å². The molecule has 2 aliphatic carbocycles. The SMILES string of the molecule is COC(=O)C1C=CC=C2C(=O)C3CCCC(C)C3N=C21. The zero-order chi connectivity index (χ0) is 14.3. The molecule has 3 rings (SSSR count). The van der Waals surface area contributed by atoms with Crippen molar-refractivity contribution >= 4 is 17.5 Å². The maximum atomic E-state index is 12.7. The monoisotopic (exact) mass is 273 g/mol. The average Bonchev–Trinajstić information content (AvgIpc) is 2.47. The number of Topliss-reactive ketones (excluding diaryl/α,β-unsaturated/α-hetero) is 1. The third kappa shape index (κ3) is 1.94. The summed E-state index contributed by atoms with van der Waals surface area (Å²) in [6.07, 6.45) is 8.41. The van der Waals surface area contributed by atoms with Crippen LogP contribution in [-0.4, -0.2) is 30.6 Å². The Hall–Kier alpha value is -1.71. The maximum absolute atomic E-state index is 12.7. The molecular weight excluding hydrogens is 254 g/mol. The Morgan fingerprint density at radius 2 is 2.20 bits per heavy atom. The van der Waals surface area contributed by atoms with Crippen LogP contribution < -0.4 is 0 Å². The Labute approximate surface area is 118 Å². The highest BCUT2D eigenvalue weighted by atomic mass is 16.5. The van der Waals surface area contributed by atoms with E-state index in [0.717, 1.165) is 19.3 Å². The number of fused-ring (bicyclic) bond motifs is 2. The molecule has 0 radical (unpaired) electrons. The van der Waals surface area contributed by atoms with Gasteiger partial charge in [-0.1, -0.05) is 25.5 Å². The summed E-state index contributed by atoms with van der Waals surface area (Å²) in [6.45, 7) is 2.15. The number of nitrogens with zero attached hydrogens (tertiary/aromatic N) is 1. The maximum Gasteiger partial charge on any atom is 0.318 e. The third-order valence-corrected chi connectivity index (χ3v) is 4.65. The van der Waals surface area contributed by atoms with Gasteiger partial charge in [-0.05, 0) is 24.8 Å². The molecule has 20 heavy (non-hydrogen) atoms. The molecule has 4 nitrogen and oxygen atoms in total. The average molecular weight is 273 g/mol. The van der Waals surface area contributed by atoms with E-state index in [1.807, 2.05) is 0 Å². The van der Waals surface area contributed by atoms with E-state index < -0.39 is 5.92 Å². The molecule has 4 heteroatoms. The summed E-state index contributed by atoms with van der Waals surface area (Å²) in [5, 5.41) is 0. The second kappa shape index (κ2) is 5.00. The van der Waals surface area contributed by atoms with E-state index in [9.17, 15) is 9.59 Å². The molecule has 0 saturated heterocycles. The summed E-state index contributed by atoms with van der Waals surface area (Å²) >= 11 is 0. The molecule has 1 aliphatic heterocycles. The first-order chi connectivity index (χ1) is 9.63. The standard InChI is InChI=1S/C16H19NO3/c1-9-5-3-6-10-13(9)17-14-11(15(10)18)7-4-8-12(14)16(19)20-2/h4,7-10,12-13H,3,5-6H2,1-2H3. The Kier molecular flexibility index (Phi) is 3.32. The van der Waals surface area contributed by atoms with E-state index in [2.05, 4.69) is 6.92 Å². The van der Waals surface area contributed by atoms with Crippen LogP contribution >= 0.6 is 0 Å². The van der Waals surface area contributed by atoms with E-state index in [4.69, 9.17) is 9.73 Å². The van der Waals surface area contributed by atoms with Gasteiger partial charge in [0.1, 0.15) is 5.92 Å². The van der Waals surface area contributed by atoms with Crippen LogP contribution in [0, 0.1) is 17.8 Å². The number of allylic oxidation sites excluding steroid dienone is 3. The molecule has 0 N–H and O–H groups in total. The zero-order valence-electron chi connectivity index (χ0n) is 11.8. The first-order valence-corrected chi connectivity index (χ1v) is 7.22. The summed E-state index contributed by atoms with van der Waals surface area (Å²) in [4.78, 5) is 29.3. The topological polar surface area (TPSA) is 55.7 Å². The number of hydrogen-bond acceptors (Lipinski definition) is 4. The van der Waals surface area contributed by atoms with Gasteiger partial charge in [0.05, 0.1) is 18.9 Å². The number of carbonyl (C=O) groups is 2. The molecule has 4 atom stereocenters. The normalized spacial score (nSPS) is 35.6. The van der Waals surface area contributed by atoms with Crippen LogP contribution in [0.25, 0.3) is 0 Å². The lowest BCUT2D eigenvalue weighted by Crippen LogP contribution is -2.45. The van der Waals surface area contributed by atoms with Crippen molar-refractivity contribution in [3.05, 3.63) is 23.8 Å². The van der Waals surface area contributed by atoms with Crippen molar-refractivity contribution < 1.29 is 14.3 Å². The highest BCUT2D eigenvalue weighted by Gasteiger charge is 2.44. The fraction of sp³-hybridized carbons (Fsp3) is 0.562. The number of hydrogen-bond donors (Lipinski definition) is 0. The lowest BCUT2D eigenvalue weighted by molar-refractivity contribution is -0.141. The third-order valence-electron chi connectivity index (χ3n) is 4.65. The van der Waals surface area contributed by atoms with Gasteiger partial charge in [0.15, 0.2) is 5.78 Å². The van der Waals surface area contributed by atoms with Gasteiger partial charge in [-0.25, -0.2) is 0 Å². The molecule has 1 fully saturated rings. The molecule has 0 aromatic heterocycles. The Bertz CT molecular complexity index is 544. The van der Waals surface area contributed by atoms with Crippen LogP contribution in [0.5, 0.6) is 0 Å². The number of esters is 1. The molecule has 4 unspecified atom stereocenters. The van der Waals surface area contributed by atoms with Gasteiger partial charge in [-0.3, -0.25) is 14.6 Å². The largest absolute Gasteiger partial charge is 0.468 e. The van der Waals surface area contributed by atoms with Crippen LogP contribution in [0.2, 0.25) is 0 Å². The van der Waals surface area contributed by atoms with Crippen molar-refractivity contribution in [3.63, 3.8) is 0 Å². The van der Waals surface area contributed by atoms with Crippen molar-refractivity contribution in [3.8, 4) is 0 Å². The Balaban J connectivity index is 2.03. The van der Waals surface area contributed by atoms with E-state index >= 15 is 0 Å². The summed E-state index contributed by atoms with van der Waals surface area (Å²) in [7, 11) is 1.37. The molecule has 1 heterocycles. The van der Waals surface area contributed by atoms with Gasteiger partial charge in [0.2, 0.25) is 0 Å². The van der Waals surface area contributed by atoms with Gasteiger partial charge < -0.3 is 4.74 Å². The van der Waals surface area contributed by atoms with Crippen LogP contribution in [0.4, 0.5) is 0 Å². The molecule has 0 amide bonds. The van der Waals surface area contributed by atoms with E-state index in [-0.39, 0.29) is 23.7 Å². The molecule has 3 aliphatic rings. The fourth-order valence-electron chi connectivity index (χ4n) is 3.54. The number of carbonyl (C=O) groups excluding carboxylic acids is 2. The summed E-state index contributed by atoms with van der Waals surface area (Å²) in [5.74, 6) is -0.321. The predicted octanol–water partition coefficient (Wildman–Crippen LogP) is 2.10. The first-order valence-electron chi connectivity index (χ1n) is 7.22. The molecule has 0 spiro atoms. The number of ether oxygens (including phenoxy) is 1. The van der Waals surface area contributed by atoms with Crippen molar-refractivity contribution in [2.24, 2.45) is 22.7 Å². The number of rotatable bonds is 1. The van der Waals surface area contributed by atoms with Gasteiger partial charge in [-0.15, -0.1) is 0 Å². The van der Waals surface area contributed by atoms with Gasteiger partial charge in [0, 0.05) is 11.5 Å². The van der Waals surface area contributed by atoms with Crippen molar-refractivity contribution in [1.82, 2.24) is 0 Å². The number of methoxy groups -OCH3 is 1. The highest BCUT2D eigenvalue weighted by molar-refractivity contribution is 6.30. The Morgan fingerprint density at radius 1 is 1.40 bits per heavy atom. The molecule has 1 saturated carbocycles. The lowest BCUT2D eigenvalue weighted by Gasteiger charge is -2.38. The molecule has 106 valence electrons.